The Morgan fingerprint density at radius 2 is 1.58 bits per heavy atom. The van der Waals surface area contributed by atoms with Crippen LogP contribution in [0.2, 0.25) is 5.02 Å². The maximum absolute atomic E-state index is 13.7. The Morgan fingerprint density at radius 1 is 0.848 bits per heavy atom. The van der Waals surface area contributed by atoms with Gasteiger partial charge in [0.1, 0.15) is 17.2 Å². The molecule has 168 valence electrons. The summed E-state index contributed by atoms with van der Waals surface area (Å²) in [4.78, 5) is 28.5. The van der Waals surface area contributed by atoms with Gasteiger partial charge >= 0.3 is 0 Å². The van der Waals surface area contributed by atoms with E-state index in [1.54, 1.807) is 55.6 Å². The lowest BCUT2D eigenvalue weighted by Crippen LogP contribution is -2.32. The standard InChI is InChI=1S/C26H23ClN2O4/c1-15-5-12-22(33-4)21(13-15)29-25(30)23(17-7-10-19(32-3)11-8-17)24(26(29)31)28-20-14-18(27)9-6-16(20)2/h5-14,28H,1-4H3. The summed E-state index contributed by atoms with van der Waals surface area (Å²) >= 11 is 6.19. The van der Waals surface area contributed by atoms with Crippen LogP contribution in [0.3, 0.4) is 0 Å². The van der Waals surface area contributed by atoms with Crippen molar-refractivity contribution in [2.75, 3.05) is 24.4 Å². The molecule has 3 aromatic rings. The Labute approximate surface area is 197 Å². The number of benzene rings is 3. The predicted molar refractivity (Wildman–Crippen MR) is 130 cm³/mol. The van der Waals surface area contributed by atoms with Crippen molar-refractivity contribution in [2.45, 2.75) is 13.8 Å². The van der Waals surface area contributed by atoms with E-state index in [-0.39, 0.29) is 11.3 Å². The first-order valence-electron chi connectivity index (χ1n) is 10.3. The van der Waals surface area contributed by atoms with E-state index in [1.165, 1.54) is 7.11 Å². The van der Waals surface area contributed by atoms with Crippen LogP contribution in [-0.4, -0.2) is 26.0 Å². The molecule has 0 bridgehead atoms. The van der Waals surface area contributed by atoms with E-state index in [9.17, 15) is 9.59 Å². The van der Waals surface area contributed by atoms with Crippen molar-refractivity contribution in [3.63, 3.8) is 0 Å². The minimum Gasteiger partial charge on any atom is -0.497 e. The van der Waals surface area contributed by atoms with Crippen LogP contribution in [0, 0.1) is 13.8 Å². The Hall–Kier alpha value is -3.77. The number of methoxy groups -OCH3 is 2. The number of anilines is 2. The summed E-state index contributed by atoms with van der Waals surface area (Å²) in [5, 5.41) is 3.69. The summed E-state index contributed by atoms with van der Waals surface area (Å²) < 4.78 is 10.7. The number of carbonyl (C=O) groups is 2. The molecule has 0 spiro atoms. The topological polar surface area (TPSA) is 67.9 Å². The molecule has 4 rings (SSSR count). The first-order valence-corrected chi connectivity index (χ1v) is 10.7. The fourth-order valence-corrected chi connectivity index (χ4v) is 3.90. The number of carbonyl (C=O) groups excluding carboxylic acids is 2. The van der Waals surface area contributed by atoms with Gasteiger partial charge in [0, 0.05) is 10.7 Å². The smallest absolute Gasteiger partial charge is 0.282 e. The van der Waals surface area contributed by atoms with Gasteiger partial charge in [-0.25, -0.2) is 4.90 Å². The third-order valence-corrected chi connectivity index (χ3v) is 5.73. The monoisotopic (exact) mass is 462 g/mol. The molecule has 33 heavy (non-hydrogen) atoms. The molecule has 3 aromatic carbocycles. The summed E-state index contributed by atoms with van der Waals surface area (Å²) in [5.74, 6) is 0.149. The second-order valence-electron chi connectivity index (χ2n) is 7.68. The molecule has 0 saturated carbocycles. The maximum atomic E-state index is 13.7. The molecule has 0 fully saturated rings. The lowest BCUT2D eigenvalue weighted by Gasteiger charge is -2.19. The summed E-state index contributed by atoms with van der Waals surface area (Å²) in [6.45, 7) is 3.79. The van der Waals surface area contributed by atoms with Crippen LogP contribution in [0.4, 0.5) is 11.4 Å². The van der Waals surface area contributed by atoms with Crippen molar-refractivity contribution in [1.29, 1.82) is 0 Å². The summed E-state index contributed by atoms with van der Waals surface area (Å²) in [6, 6.07) is 17.7. The zero-order valence-electron chi connectivity index (χ0n) is 18.7. The van der Waals surface area contributed by atoms with Gasteiger partial charge < -0.3 is 14.8 Å². The van der Waals surface area contributed by atoms with Crippen molar-refractivity contribution in [1.82, 2.24) is 0 Å². The van der Waals surface area contributed by atoms with Crippen LogP contribution in [0.5, 0.6) is 11.5 Å². The van der Waals surface area contributed by atoms with Crippen molar-refractivity contribution in [3.8, 4) is 11.5 Å². The van der Waals surface area contributed by atoms with Gasteiger partial charge in [-0.3, -0.25) is 9.59 Å². The van der Waals surface area contributed by atoms with E-state index in [0.717, 1.165) is 16.0 Å². The number of nitrogens with zero attached hydrogens (tertiary/aromatic N) is 1. The number of nitrogens with one attached hydrogen (secondary N) is 1. The van der Waals surface area contributed by atoms with E-state index >= 15 is 0 Å². The summed E-state index contributed by atoms with van der Waals surface area (Å²) in [7, 11) is 3.07. The number of halogens is 1. The van der Waals surface area contributed by atoms with Gasteiger partial charge in [0.2, 0.25) is 0 Å². The van der Waals surface area contributed by atoms with E-state index < -0.39 is 11.8 Å². The average Bonchev–Trinajstić information content (AvgIpc) is 3.05. The molecular weight excluding hydrogens is 440 g/mol. The second kappa shape index (κ2) is 9.00. The first kappa shape index (κ1) is 22.4. The number of amides is 2. The molecule has 0 aromatic heterocycles. The zero-order chi connectivity index (χ0) is 23.7. The minimum absolute atomic E-state index is 0.166. The minimum atomic E-state index is -0.478. The number of imide groups is 1. The number of aryl methyl sites for hydroxylation is 2. The SMILES string of the molecule is COc1ccc(C2=C(Nc3cc(Cl)ccc3C)C(=O)N(c3cc(C)ccc3OC)C2=O)cc1. The number of rotatable bonds is 6. The molecule has 0 saturated heterocycles. The van der Waals surface area contributed by atoms with Crippen molar-refractivity contribution in [2.24, 2.45) is 0 Å². The van der Waals surface area contributed by atoms with E-state index in [2.05, 4.69) is 5.32 Å². The van der Waals surface area contributed by atoms with Gasteiger partial charge in [0.05, 0.1) is 25.5 Å². The van der Waals surface area contributed by atoms with Gasteiger partial charge in [-0.15, -0.1) is 0 Å². The highest BCUT2D eigenvalue weighted by Gasteiger charge is 2.41. The van der Waals surface area contributed by atoms with E-state index in [1.807, 2.05) is 26.0 Å². The molecule has 0 aliphatic carbocycles. The Balaban J connectivity index is 1.87. The fraction of sp³-hybridized carbons (Fsp3) is 0.154. The van der Waals surface area contributed by atoms with Gasteiger partial charge in [-0.05, 0) is 66.9 Å². The number of hydrogen-bond donors (Lipinski definition) is 1. The largest absolute Gasteiger partial charge is 0.497 e. The van der Waals surface area contributed by atoms with Crippen LogP contribution in [0.1, 0.15) is 16.7 Å². The molecule has 0 unspecified atom stereocenters. The van der Waals surface area contributed by atoms with Crippen LogP contribution in [0.25, 0.3) is 5.57 Å². The van der Waals surface area contributed by atoms with Crippen LogP contribution >= 0.6 is 11.6 Å². The lowest BCUT2D eigenvalue weighted by atomic mass is 10.0. The van der Waals surface area contributed by atoms with Gasteiger partial charge in [-0.1, -0.05) is 35.9 Å². The molecule has 2 amide bonds. The van der Waals surface area contributed by atoms with Gasteiger partial charge in [0.25, 0.3) is 11.8 Å². The maximum Gasteiger partial charge on any atom is 0.282 e. The number of hydrogen-bond acceptors (Lipinski definition) is 5. The van der Waals surface area contributed by atoms with Gasteiger partial charge in [0.15, 0.2) is 0 Å². The lowest BCUT2D eigenvalue weighted by molar-refractivity contribution is -0.120. The molecule has 0 atom stereocenters. The molecule has 1 heterocycles. The van der Waals surface area contributed by atoms with Crippen molar-refractivity contribution >= 4 is 40.4 Å². The predicted octanol–water partition coefficient (Wildman–Crippen LogP) is 5.37. The molecule has 0 radical (unpaired) electrons. The second-order valence-corrected chi connectivity index (χ2v) is 8.12. The third kappa shape index (κ3) is 4.17. The normalized spacial score (nSPS) is 13.5. The third-order valence-electron chi connectivity index (χ3n) is 5.50. The molecule has 1 N–H and O–H groups in total. The van der Waals surface area contributed by atoms with Gasteiger partial charge in [-0.2, -0.15) is 0 Å². The highest BCUT2D eigenvalue weighted by molar-refractivity contribution is 6.46. The fourth-order valence-electron chi connectivity index (χ4n) is 3.73. The van der Waals surface area contributed by atoms with Crippen LogP contribution < -0.4 is 19.7 Å². The van der Waals surface area contributed by atoms with E-state index in [4.69, 9.17) is 21.1 Å². The highest BCUT2D eigenvalue weighted by Crippen LogP contribution is 2.39. The van der Waals surface area contributed by atoms with Crippen LogP contribution in [-0.2, 0) is 9.59 Å². The molecule has 6 nitrogen and oxygen atoms in total. The number of ether oxygens (including phenoxy) is 2. The molecular formula is C26H23ClN2O4. The quantitative estimate of drug-likeness (QED) is 0.499. The van der Waals surface area contributed by atoms with Crippen LogP contribution in [0.15, 0.2) is 66.4 Å². The first-order chi connectivity index (χ1) is 15.8. The average molecular weight is 463 g/mol. The zero-order valence-corrected chi connectivity index (χ0v) is 19.5. The molecule has 7 heteroatoms. The van der Waals surface area contributed by atoms with Crippen molar-refractivity contribution < 1.29 is 19.1 Å². The van der Waals surface area contributed by atoms with E-state index in [0.29, 0.717) is 33.5 Å². The Morgan fingerprint density at radius 3 is 2.24 bits per heavy atom. The highest BCUT2D eigenvalue weighted by atomic mass is 35.5. The van der Waals surface area contributed by atoms with Crippen molar-refractivity contribution in [3.05, 3.63) is 88.1 Å². The summed E-state index contributed by atoms with van der Waals surface area (Å²) in [5.41, 5.74) is 3.81. The Bertz CT molecular complexity index is 1280. The molecule has 1 aliphatic heterocycles. The Kier molecular flexibility index (Phi) is 6.11. The molecule has 1 aliphatic rings. The summed E-state index contributed by atoms with van der Waals surface area (Å²) in [6.07, 6.45) is 0.